The van der Waals surface area contributed by atoms with Crippen LogP contribution in [0.1, 0.15) is 33.6 Å². The molecule has 0 spiro atoms. The first kappa shape index (κ1) is 25.7. The molecule has 38 heavy (non-hydrogen) atoms. The van der Waals surface area contributed by atoms with E-state index in [4.69, 9.17) is 9.47 Å². The summed E-state index contributed by atoms with van der Waals surface area (Å²) < 4.78 is 11.5. The number of aromatic nitrogens is 1. The largest absolute Gasteiger partial charge is 0.497 e. The van der Waals surface area contributed by atoms with Crippen molar-refractivity contribution in [2.45, 2.75) is 29.7 Å². The van der Waals surface area contributed by atoms with E-state index in [0.29, 0.717) is 26.9 Å². The predicted molar refractivity (Wildman–Crippen MR) is 141 cm³/mol. The number of anilines is 1. The second kappa shape index (κ2) is 10.5. The number of fused-ring (bicyclic) bond motifs is 2. The number of esters is 1. The van der Waals surface area contributed by atoms with E-state index in [1.807, 2.05) is 12.1 Å². The van der Waals surface area contributed by atoms with Gasteiger partial charge in [-0.3, -0.25) is 29.1 Å². The van der Waals surface area contributed by atoms with Crippen LogP contribution in [0.3, 0.4) is 0 Å². The molecule has 3 aromatic rings. The first-order valence-corrected chi connectivity index (χ1v) is 13.5. The number of methoxy groups -OCH3 is 1. The third kappa shape index (κ3) is 4.72. The van der Waals surface area contributed by atoms with Gasteiger partial charge in [-0.15, -0.1) is 0 Å². The molecule has 12 heteroatoms. The maximum absolute atomic E-state index is 13.1. The number of hydrogen-bond acceptors (Lipinski definition) is 9. The highest BCUT2D eigenvalue weighted by molar-refractivity contribution is 8.00. The molecule has 3 amide bonds. The van der Waals surface area contributed by atoms with Crippen molar-refractivity contribution in [1.82, 2.24) is 9.88 Å². The Morgan fingerprint density at radius 1 is 1.03 bits per heavy atom. The lowest BCUT2D eigenvalue weighted by Crippen LogP contribution is -2.32. The number of carbonyl (C=O) groups excluding carboxylic acids is 4. The van der Waals surface area contributed by atoms with Gasteiger partial charge in [0.1, 0.15) is 17.5 Å². The summed E-state index contributed by atoms with van der Waals surface area (Å²) in [7, 11) is 1.55. The van der Waals surface area contributed by atoms with E-state index in [0.717, 1.165) is 28.7 Å². The Morgan fingerprint density at radius 3 is 2.39 bits per heavy atom. The molecule has 3 atom stereocenters. The third-order valence-corrected chi connectivity index (χ3v) is 8.96. The Kier molecular flexibility index (Phi) is 7.09. The van der Waals surface area contributed by atoms with Crippen LogP contribution in [0.15, 0.2) is 58.4 Å². The molecule has 0 aliphatic carbocycles. The molecule has 1 fully saturated rings. The van der Waals surface area contributed by atoms with Gasteiger partial charge in [0.15, 0.2) is 0 Å². The van der Waals surface area contributed by atoms with Crippen LogP contribution in [-0.4, -0.2) is 47.2 Å². The lowest BCUT2D eigenvalue weighted by molar-refractivity contribution is -0.126. The molecule has 1 aromatic heterocycles. The second-order valence-electron chi connectivity index (χ2n) is 8.64. The highest BCUT2D eigenvalue weighted by atomic mass is 32.2. The molecule has 2 N–H and O–H groups in total. The monoisotopic (exact) mass is 553 g/mol. The zero-order chi connectivity index (χ0) is 27.0. The van der Waals surface area contributed by atoms with Crippen LogP contribution in [-0.2, 0) is 25.7 Å². The topological polar surface area (TPSA) is 133 Å². The maximum Gasteiger partial charge on any atom is 0.338 e. The smallest absolute Gasteiger partial charge is 0.338 e. The number of rotatable bonds is 7. The number of carbonyl (C=O) groups is 4. The van der Waals surface area contributed by atoms with Crippen molar-refractivity contribution in [2.24, 2.45) is 5.92 Å². The van der Waals surface area contributed by atoms with Crippen molar-refractivity contribution < 1.29 is 28.7 Å². The van der Waals surface area contributed by atoms with Gasteiger partial charge in [-0.2, -0.15) is 0 Å². The van der Waals surface area contributed by atoms with Crippen LogP contribution in [0.2, 0.25) is 0 Å². The summed E-state index contributed by atoms with van der Waals surface area (Å²) in [5.74, 6) is -2.26. The summed E-state index contributed by atoms with van der Waals surface area (Å²) >= 11 is 2.11. The van der Waals surface area contributed by atoms with Crippen LogP contribution in [0.25, 0.3) is 0 Å². The number of imide groups is 1. The number of amides is 3. The average Bonchev–Trinajstić information content (AvgIpc) is 3.37. The SMILES string of the molecule is CCOC(=O)c1ccc(NC(=O)Cn2c3c(sc2=O)[C@@H](c2ccc(OC)cc2)[C@H]2C(=O)NC(=O)[C@H]2S3)cc1. The molecule has 2 aliphatic rings. The van der Waals surface area contributed by atoms with Crippen LogP contribution in [0, 0.1) is 5.92 Å². The van der Waals surface area contributed by atoms with E-state index in [2.05, 4.69) is 10.6 Å². The molecule has 0 unspecified atom stereocenters. The zero-order valence-electron chi connectivity index (χ0n) is 20.4. The Labute approximate surface area is 225 Å². The standard InChI is InChI=1S/C26H23N3O7S2/c1-3-36-25(33)14-4-8-15(9-5-14)27-17(30)12-29-24-21(38-26(29)34)18(13-6-10-16(35-2)11-7-13)19-20(37-24)23(32)28-22(19)31/h4-11,18-20H,3,12H2,1-2H3,(H,27,30)(H,28,31,32)/t18-,19+,20-/m0/s1. The van der Waals surface area contributed by atoms with Crippen molar-refractivity contribution >= 4 is 52.5 Å². The highest BCUT2D eigenvalue weighted by Gasteiger charge is 2.52. The molecule has 2 aromatic carbocycles. The lowest BCUT2D eigenvalue weighted by atomic mass is 9.83. The fourth-order valence-corrected chi connectivity index (χ4v) is 7.33. The van der Waals surface area contributed by atoms with Crippen molar-refractivity contribution in [3.05, 3.63) is 74.2 Å². The molecule has 3 heterocycles. The van der Waals surface area contributed by atoms with Crippen molar-refractivity contribution in [3.8, 4) is 5.75 Å². The number of hydrogen-bond donors (Lipinski definition) is 2. The quantitative estimate of drug-likeness (QED) is 0.337. The fourth-order valence-electron chi connectivity index (χ4n) is 4.59. The molecule has 0 saturated carbocycles. The van der Waals surface area contributed by atoms with Crippen molar-refractivity contribution in [2.75, 3.05) is 19.0 Å². The minimum Gasteiger partial charge on any atom is -0.497 e. The van der Waals surface area contributed by atoms with Gasteiger partial charge in [0.05, 0.1) is 30.2 Å². The molecule has 5 rings (SSSR count). The van der Waals surface area contributed by atoms with Gasteiger partial charge in [-0.05, 0) is 48.9 Å². The summed E-state index contributed by atoms with van der Waals surface area (Å²) in [4.78, 5) is 63.5. The Morgan fingerprint density at radius 2 is 1.74 bits per heavy atom. The van der Waals surface area contributed by atoms with Gasteiger partial charge in [0, 0.05) is 16.5 Å². The molecule has 0 bridgehead atoms. The van der Waals surface area contributed by atoms with Gasteiger partial charge < -0.3 is 14.8 Å². The lowest BCUT2D eigenvalue weighted by Gasteiger charge is -2.30. The van der Waals surface area contributed by atoms with Crippen LogP contribution in [0.4, 0.5) is 5.69 Å². The first-order valence-electron chi connectivity index (χ1n) is 11.8. The van der Waals surface area contributed by atoms with Crippen LogP contribution in [0.5, 0.6) is 5.75 Å². The predicted octanol–water partition coefficient (Wildman–Crippen LogP) is 2.61. The fraction of sp³-hybridized carbons (Fsp3) is 0.269. The molecule has 196 valence electrons. The summed E-state index contributed by atoms with van der Waals surface area (Å²) in [5, 5.41) is 4.92. The number of thiazole rings is 1. The molecule has 2 aliphatic heterocycles. The molecule has 1 saturated heterocycles. The van der Waals surface area contributed by atoms with Gasteiger partial charge in [0.2, 0.25) is 17.7 Å². The number of ether oxygens (including phenoxy) is 2. The Hall–Kier alpha value is -3.90. The summed E-state index contributed by atoms with van der Waals surface area (Å²) in [6.45, 7) is 1.69. The van der Waals surface area contributed by atoms with Gasteiger partial charge in [-0.25, -0.2) is 4.79 Å². The number of nitrogens with one attached hydrogen (secondary N) is 2. The molecule has 0 radical (unpaired) electrons. The van der Waals surface area contributed by atoms with Crippen molar-refractivity contribution in [1.29, 1.82) is 0 Å². The van der Waals surface area contributed by atoms with E-state index in [1.165, 1.54) is 16.7 Å². The summed E-state index contributed by atoms with van der Waals surface area (Å²) in [5.41, 5.74) is 1.57. The van der Waals surface area contributed by atoms with E-state index in [-0.39, 0.29) is 23.9 Å². The zero-order valence-corrected chi connectivity index (χ0v) is 22.0. The van der Waals surface area contributed by atoms with E-state index >= 15 is 0 Å². The summed E-state index contributed by atoms with van der Waals surface area (Å²) in [6.07, 6.45) is 0. The van der Waals surface area contributed by atoms with Gasteiger partial charge >= 0.3 is 10.8 Å². The number of benzene rings is 2. The van der Waals surface area contributed by atoms with E-state index < -0.39 is 34.9 Å². The van der Waals surface area contributed by atoms with Gasteiger partial charge in [-0.1, -0.05) is 35.2 Å². The van der Waals surface area contributed by atoms with Crippen LogP contribution >= 0.6 is 23.1 Å². The summed E-state index contributed by atoms with van der Waals surface area (Å²) in [6, 6.07) is 13.4. The van der Waals surface area contributed by atoms with Crippen molar-refractivity contribution in [3.63, 3.8) is 0 Å². The molecular weight excluding hydrogens is 530 g/mol. The number of nitrogens with zero attached hydrogens (tertiary/aromatic N) is 1. The minimum atomic E-state index is -0.721. The Bertz CT molecular complexity index is 1480. The van der Waals surface area contributed by atoms with Gasteiger partial charge in [0.25, 0.3) is 0 Å². The molecule has 10 nitrogen and oxygen atoms in total. The third-order valence-electron chi connectivity index (χ3n) is 6.34. The Balaban J connectivity index is 1.43. The normalized spacial score (nSPS) is 19.8. The van der Waals surface area contributed by atoms with E-state index in [1.54, 1.807) is 38.3 Å². The van der Waals surface area contributed by atoms with E-state index in [9.17, 15) is 24.0 Å². The minimum absolute atomic E-state index is 0.256. The molecular formula is C26H23N3O7S2. The number of thioether (sulfide) groups is 1. The average molecular weight is 554 g/mol. The first-order chi connectivity index (χ1) is 18.3. The van der Waals surface area contributed by atoms with Crippen LogP contribution < -0.4 is 20.2 Å². The highest BCUT2D eigenvalue weighted by Crippen LogP contribution is 2.51. The maximum atomic E-state index is 13.1. The second-order valence-corrected chi connectivity index (χ2v) is 10.8.